The first-order valence-electron chi connectivity index (χ1n) is 5.55. The third-order valence-corrected chi connectivity index (χ3v) is 3.20. The molecule has 0 unspecified atom stereocenters. The number of imidazole rings is 1. The first-order chi connectivity index (χ1) is 9.43. The van der Waals surface area contributed by atoms with E-state index in [9.17, 15) is 15.0 Å². The molecule has 0 aliphatic carbocycles. The number of carboxylic acids is 1. The summed E-state index contributed by atoms with van der Waals surface area (Å²) in [6, 6.07) is 0. The lowest BCUT2D eigenvalue weighted by Crippen LogP contribution is -2.36. The van der Waals surface area contributed by atoms with E-state index in [-0.39, 0.29) is 12.4 Å². The maximum absolute atomic E-state index is 10.6. The third-order valence-electron chi connectivity index (χ3n) is 2.65. The number of hydrogen-bond acceptors (Lipinski definition) is 8. The third kappa shape index (κ3) is 2.66. The highest BCUT2D eigenvalue weighted by Gasteiger charge is 2.25. The summed E-state index contributed by atoms with van der Waals surface area (Å²) in [7, 11) is 0. The van der Waals surface area contributed by atoms with Gasteiger partial charge < -0.3 is 25.6 Å². The molecule has 0 aliphatic rings. The molecule has 0 aliphatic heterocycles. The van der Waals surface area contributed by atoms with Gasteiger partial charge in [0.25, 0.3) is 0 Å². The van der Waals surface area contributed by atoms with Crippen LogP contribution in [-0.4, -0.2) is 59.3 Å². The molecular formula is C10H13N5O4S. The fraction of sp³-hybridized carbons (Fsp3) is 0.400. The van der Waals surface area contributed by atoms with Gasteiger partial charge in [0.15, 0.2) is 22.7 Å². The van der Waals surface area contributed by atoms with Crippen molar-refractivity contribution in [2.45, 2.75) is 23.9 Å². The molecule has 2 rings (SSSR count). The number of carbonyl (C=O) groups is 1. The van der Waals surface area contributed by atoms with Crippen LogP contribution in [0, 0.1) is 0 Å². The van der Waals surface area contributed by atoms with E-state index in [0.717, 1.165) is 0 Å². The van der Waals surface area contributed by atoms with Crippen LogP contribution in [0.3, 0.4) is 0 Å². The van der Waals surface area contributed by atoms with Gasteiger partial charge in [-0.15, -0.1) is 0 Å². The van der Waals surface area contributed by atoms with Crippen LogP contribution >= 0.6 is 11.8 Å². The molecule has 9 nitrogen and oxygen atoms in total. The van der Waals surface area contributed by atoms with Gasteiger partial charge in [-0.3, -0.25) is 0 Å². The van der Waals surface area contributed by atoms with E-state index in [0.29, 0.717) is 16.3 Å². The summed E-state index contributed by atoms with van der Waals surface area (Å²) in [5.41, 5.74) is 6.47. The lowest BCUT2D eigenvalue weighted by molar-refractivity contribution is -0.153. The van der Waals surface area contributed by atoms with Crippen LogP contribution in [0.1, 0.15) is 0 Å². The zero-order valence-electron chi connectivity index (χ0n) is 10.5. The number of thioether (sulfide) groups is 1. The van der Waals surface area contributed by atoms with Crippen molar-refractivity contribution in [3.8, 4) is 0 Å². The number of aromatic nitrogens is 4. The van der Waals surface area contributed by atoms with Crippen LogP contribution in [-0.2, 0) is 11.3 Å². The molecule has 2 aromatic heterocycles. The molecule has 10 heteroatoms. The summed E-state index contributed by atoms with van der Waals surface area (Å²) in [6.07, 6.45) is -0.229. The molecule has 2 aromatic rings. The lowest BCUT2D eigenvalue weighted by Gasteiger charge is -2.14. The van der Waals surface area contributed by atoms with Gasteiger partial charge >= 0.3 is 5.97 Å². The summed E-state index contributed by atoms with van der Waals surface area (Å²) in [4.78, 5) is 22.8. The highest BCUT2D eigenvalue weighted by atomic mass is 32.2. The molecule has 5 N–H and O–H groups in total. The summed E-state index contributed by atoms with van der Waals surface area (Å²) in [5, 5.41) is 28.0. The molecule has 20 heavy (non-hydrogen) atoms. The molecule has 0 saturated heterocycles. The Morgan fingerprint density at radius 3 is 2.80 bits per heavy atom. The molecule has 0 aromatic carbocycles. The topological polar surface area (TPSA) is 147 Å². The van der Waals surface area contributed by atoms with Crippen LogP contribution in [0.25, 0.3) is 11.2 Å². The van der Waals surface area contributed by atoms with Crippen molar-refractivity contribution in [2.75, 3.05) is 12.0 Å². The van der Waals surface area contributed by atoms with Crippen molar-refractivity contribution in [3.63, 3.8) is 0 Å². The van der Waals surface area contributed by atoms with E-state index in [1.807, 2.05) is 0 Å². The highest BCUT2D eigenvalue weighted by Crippen LogP contribution is 2.20. The zero-order chi connectivity index (χ0) is 14.9. The van der Waals surface area contributed by atoms with E-state index in [1.165, 1.54) is 22.7 Å². The molecule has 2 atom stereocenters. The number of carboxylic acid groups (broad SMARTS) is 1. The van der Waals surface area contributed by atoms with Crippen molar-refractivity contribution in [2.24, 2.45) is 0 Å². The Balaban J connectivity index is 2.35. The van der Waals surface area contributed by atoms with E-state index in [1.54, 1.807) is 6.26 Å². The van der Waals surface area contributed by atoms with Gasteiger partial charge in [-0.2, -0.15) is 0 Å². The Hall–Kier alpha value is -1.91. The fourth-order valence-electron chi connectivity index (χ4n) is 1.64. The Morgan fingerprint density at radius 2 is 2.20 bits per heavy atom. The minimum atomic E-state index is -1.88. The van der Waals surface area contributed by atoms with Crippen LogP contribution in [0.2, 0.25) is 0 Å². The maximum atomic E-state index is 10.6. The monoisotopic (exact) mass is 299 g/mol. The second-order valence-electron chi connectivity index (χ2n) is 4.02. The summed E-state index contributed by atoms with van der Waals surface area (Å²) in [6.45, 7) is -0.172. The first-order valence-corrected chi connectivity index (χ1v) is 6.77. The van der Waals surface area contributed by atoms with E-state index in [2.05, 4.69) is 15.0 Å². The van der Waals surface area contributed by atoms with Gasteiger partial charge in [-0.05, 0) is 6.26 Å². The maximum Gasteiger partial charge on any atom is 0.335 e. The summed E-state index contributed by atoms with van der Waals surface area (Å²) >= 11 is 1.29. The Labute approximate surface area is 117 Å². The van der Waals surface area contributed by atoms with Crippen molar-refractivity contribution < 1.29 is 20.1 Å². The number of aliphatic hydroxyl groups excluding tert-OH is 2. The van der Waals surface area contributed by atoms with Crippen molar-refractivity contribution in [1.82, 2.24) is 19.5 Å². The van der Waals surface area contributed by atoms with Crippen molar-refractivity contribution in [1.29, 1.82) is 0 Å². The number of rotatable bonds is 5. The average Bonchev–Trinajstić information content (AvgIpc) is 2.81. The van der Waals surface area contributed by atoms with E-state index < -0.39 is 18.2 Å². The molecular weight excluding hydrogens is 286 g/mol. The Kier molecular flexibility index (Phi) is 4.06. The van der Waals surface area contributed by atoms with Crippen molar-refractivity contribution in [3.05, 3.63) is 6.33 Å². The number of aliphatic hydroxyl groups is 2. The van der Waals surface area contributed by atoms with E-state index >= 15 is 0 Å². The smallest absolute Gasteiger partial charge is 0.335 e. The van der Waals surface area contributed by atoms with Gasteiger partial charge in [-0.25, -0.2) is 19.7 Å². The molecule has 0 spiro atoms. The predicted molar refractivity (Wildman–Crippen MR) is 71.2 cm³/mol. The van der Waals surface area contributed by atoms with Gasteiger partial charge in [-0.1, -0.05) is 11.8 Å². The molecule has 108 valence electrons. The Bertz CT molecular complexity index is 646. The second-order valence-corrected chi connectivity index (χ2v) is 4.79. The number of anilines is 1. The van der Waals surface area contributed by atoms with Gasteiger partial charge in [0.2, 0.25) is 0 Å². The number of hydrogen-bond donors (Lipinski definition) is 4. The van der Waals surface area contributed by atoms with Crippen LogP contribution in [0.5, 0.6) is 0 Å². The molecule has 0 fully saturated rings. The van der Waals surface area contributed by atoms with E-state index in [4.69, 9.17) is 10.8 Å². The normalized spacial score (nSPS) is 14.3. The summed E-state index contributed by atoms with van der Waals surface area (Å²) in [5.74, 6) is -1.30. The van der Waals surface area contributed by atoms with Crippen LogP contribution in [0.15, 0.2) is 11.5 Å². The average molecular weight is 299 g/mol. The lowest BCUT2D eigenvalue weighted by atomic mass is 10.2. The SMILES string of the molecule is CSc1nc(N)c2ncn(C[C@@H](O)[C@@H](O)C(=O)O)c2n1. The van der Waals surface area contributed by atoms with Gasteiger partial charge in [0, 0.05) is 0 Å². The molecule has 0 bridgehead atoms. The first kappa shape index (κ1) is 14.5. The van der Waals surface area contributed by atoms with Crippen LogP contribution < -0.4 is 5.73 Å². The van der Waals surface area contributed by atoms with Gasteiger partial charge in [0.1, 0.15) is 11.6 Å². The molecule has 2 heterocycles. The molecule has 0 radical (unpaired) electrons. The number of aliphatic carboxylic acids is 1. The number of nitrogen functional groups attached to an aromatic ring is 1. The largest absolute Gasteiger partial charge is 0.479 e. The summed E-state index contributed by atoms with van der Waals surface area (Å²) < 4.78 is 1.42. The molecule has 0 saturated carbocycles. The predicted octanol–water partition coefficient (Wildman–Crippen LogP) is -1.06. The standard InChI is InChI=1S/C10H13N5O4S/c1-20-10-13-7(11)5-8(14-10)15(3-12-5)2-4(16)6(17)9(18)19/h3-4,6,16-17H,2H2,1H3,(H,18,19)(H2,11,13,14)/t4-,6-/m1/s1. The number of fused-ring (bicyclic) bond motifs is 1. The fourth-order valence-corrected chi connectivity index (χ4v) is 2.00. The zero-order valence-corrected chi connectivity index (χ0v) is 11.3. The molecule has 0 amide bonds. The minimum Gasteiger partial charge on any atom is -0.479 e. The second kappa shape index (κ2) is 5.61. The number of nitrogens with zero attached hydrogens (tertiary/aromatic N) is 4. The number of nitrogens with two attached hydrogens (primary N) is 1. The Morgan fingerprint density at radius 1 is 1.50 bits per heavy atom. The quantitative estimate of drug-likeness (QED) is 0.400. The van der Waals surface area contributed by atoms with Crippen molar-refractivity contribution >= 4 is 34.7 Å². The van der Waals surface area contributed by atoms with Crippen LogP contribution in [0.4, 0.5) is 5.82 Å². The highest BCUT2D eigenvalue weighted by molar-refractivity contribution is 7.98. The van der Waals surface area contributed by atoms with Gasteiger partial charge in [0.05, 0.1) is 12.9 Å². The minimum absolute atomic E-state index is 0.172.